The van der Waals surface area contributed by atoms with Crippen LogP contribution in [-0.4, -0.2) is 10.9 Å². The van der Waals surface area contributed by atoms with Crippen LogP contribution in [0.3, 0.4) is 0 Å². The molecule has 0 heterocycles. The summed E-state index contributed by atoms with van der Waals surface area (Å²) in [6.45, 7) is 0. The van der Waals surface area contributed by atoms with Gasteiger partial charge in [-0.25, -0.2) is 0 Å². The third-order valence-corrected chi connectivity index (χ3v) is 2.75. The monoisotopic (exact) mass is 241 g/mol. The molecule has 1 aliphatic rings. The molecule has 0 saturated carbocycles. The second-order valence-corrected chi connectivity index (χ2v) is 4.15. The number of ketones is 1. The molecule has 0 amide bonds. The van der Waals surface area contributed by atoms with Crippen molar-refractivity contribution in [2.75, 3.05) is 5.73 Å². The summed E-state index contributed by atoms with van der Waals surface area (Å²) in [4.78, 5) is 11.9. The fraction of sp³-hybridized carbons (Fsp3) is 0.133. The van der Waals surface area contributed by atoms with Gasteiger partial charge in [-0.2, -0.15) is 0 Å². The minimum atomic E-state index is -0.124. The molecular formula is C15H15NO2. The fourth-order valence-electron chi connectivity index (χ4n) is 1.79. The lowest BCUT2D eigenvalue weighted by atomic mass is 10.0. The van der Waals surface area contributed by atoms with E-state index in [-0.39, 0.29) is 11.5 Å². The molecule has 0 radical (unpaired) electrons. The molecule has 0 saturated heterocycles. The quantitative estimate of drug-likeness (QED) is 0.485. The van der Waals surface area contributed by atoms with Crippen molar-refractivity contribution in [3.8, 4) is 0 Å². The molecule has 2 rings (SSSR count). The van der Waals surface area contributed by atoms with E-state index in [2.05, 4.69) is 0 Å². The van der Waals surface area contributed by atoms with Gasteiger partial charge in [0.15, 0.2) is 5.78 Å². The molecule has 3 nitrogen and oxygen atoms in total. The lowest BCUT2D eigenvalue weighted by Crippen LogP contribution is -1.97. The largest absolute Gasteiger partial charge is 0.508 e. The standard InChI is InChI=1S/C15H15NO2/c16-13-6-3-5-12(10-13)15(18)9-8-11-4-1-2-7-14(11)17/h3-10,17H,1-2,16H2/b9-8+. The number of aliphatic hydroxyl groups excluding tert-OH is 1. The van der Waals surface area contributed by atoms with Gasteiger partial charge < -0.3 is 10.8 Å². The predicted octanol–water partition coefficient (Wildman–Crippen LogP) is 3.17. The summed E-state index contributed by atoms with van der Waals surface area (Å²) in [6, 6.07) is 6.83. The molecule has 1 aromatic carbocycles. The first kappa shape index (κ1) is 12.2. The lowest BCUT2D eigenvalue weighted by molar-refractivity contribution is 0.104. The van der Waals surface area contributed by atoms with Crippen LogP contribution in [0.4, 0.5) is 5.69 Å². The molecule has 0 aliphatic heterocycles. The minimum absolute atomic E-state index is 0.124. The molecule has 0 atom stereocenters. The first-order valence-electron chi connectivity index (χ1n) is 5.84. The van der Waals surface area contributed by atoms with Crippen LogP contribution in [0.25, 0.3) is 0 Å². The topological polar surface area (TPSA) is 63.3 Å². The zero-order chi connectivity index (χ0) is 13.0. The lowest BCUT2D eigenvalue weighted by Gasteiger charge is -2.06. The van der Waals surface area contributed by atoms with Gasteiger partial charge in [-0.1, -0.05) is 18.2 Å². The molecule has 0 aromatic heterocycles. The highest BCUT2D eigenvalue weighted by molar-refractivity contribution is 6.05. The molecule has 3 N–H and O–H groups in total. The number of carbonyl (C=O) groups is 1. The van der Waals surface area contributed by atoms with Gasteiger partial charge in [-0.05, 0) is 43.2 Å². The molecule has 0 bridgehead atoms. The van der Waals surface area contributed by atoms with E-state index in [0.717, 1.165) is 12.8 Å². The van der Waals surface area contributed by atoms with Gasteiger partial charge in [0, 0.05) is 16.8 Å². The van der Waals surface area contributed by atoms with Crippen LogP contribution >= 0.6 is 0 Å². The maximum atomic E-state index is 11.9. The molecule has 1 aliphatic carbocycles. The number of nitrogens with two attached hydrogens (primary N) is 1. The van der Waals surface area contributed by atoms with E-state index < -0.39 is 0 Å². The molecule has 3 heteroatoms. The van der Waals surface area contributed by atoms with Crippen LogP contribution < -0.4 is 5.73 Å². The third-order valence-electron chi connectivity index (χ3n) is 2.75. The second kappa shape index (κ2) is 5.36. The number of hydrogen-bond donors (Lipinski definition) is 2. The maximum absolute atomic E-state index is 11.9. The van der Waals surface area contributed by atoms with E-state index in [1.165, 1.54) is 6.08 Å². The van der Waals surface area contributed by atoms with Crippen molar-refractivity contribution in [1.29, 1.82) is 0 Å². The number of nitrogen functional groups attached to an aromatic ring is 1. The number of anilines is 1. The van der Waals surface area contributed by atoms with Gasteiger partial charge in [0.25, 0.3) is 0 Å². The predicted molar refractivity (Wildman–Crippen MR) is 72.4 cm³/mol. The zero-order valence-corrected chi connectivity index (χ0v) is 9.97. The number of benzene rings is 1. The van der Waals surface area contributed by atoms with Crippen molar-refractivity contribution in [1.82, 2.24) is 0 Å². The van der Waals surface area contributed by atoms with Crippen LogP contribution in [0, 0.1) is 0 Å². The number of aliphatic hydroxyl groups is 1. The first-order chi connectivity index (χ1) is 8.66. The number of carbonyl (C=O) groups excluding carboxylic acids is 1. The Morgan fingerprint density at radius 1 is 1.28 bits per heavy atom. The third kappa shape index (κ3) is 2.88. The summed E-state index contributed by atoms with van der Waals surface area (Å²) < 4.78 is 0. The van der Waals surface area contributed by atoms with Gasteiger partial charge in [-0.15, -0.1) is 0 Å². The van der Waals surface area contributed by atoms with Gasteiger partial charge >= 0.3 is 0 Å². The summed E-state index contributed by atoms with van der Waals surface area (Å²) in [5.74, 6) is 0.111. The highest BCUT2D eigenvalue weighted by Gasteiger charge is 2.06. The molecule has 0 unspecified atom stereocenters. The zero-order valence-electron chi connectivity index (χ0n) is 9.97. The molecule has 92 valence electrons. The molecule has 18 heavy (non-hydrogen) atoms. The Labute approximate surface area is 106 Å². The number of allylic oxidation sites excluding steroid dienone is 4. The Morgan fingerprint density at radius 3 is 2.78 bits per heavy atom. The van der Waals surface area contributed by atoms with Gasteiger partial charge in [0.2, 0.25) is 0 Å². The summed E-state index contributed by atoms with van der Waals surface area (Å²) in [7, 11) is 0. The summed E-state index contributed by atoms with van der Waals surface area (Å²) in [5.41, 5.74) is 7.42. The van der Waals surface area contributed by atoms with E-state index in [9.17, 15) is 9.90 Å². The molecule has 1 aromatic rings. The van der Waals surface area contributed by atoms with Crippen LogP contribution in [0.15, 0.2) is 59.9 Å². The summed E-state index contributed by atoms with van der Waals surface area (Å²) >= 11 is 0. The van der Waals surface area contributed by atoms with E-state index in [4.69, 9.17) is 5.73 Å². The Morgan fingerprint density at radius 2 is 2.06 bits per heavy atom. The SMILES string of the molecule is Nc1cccc(C(=O)/C=C/C2=CCCC=C2O)c1. The Bertz CT molecular complexity index is 553. The highest BCUT2D eigenvalue weighted by Crippen LogP contribution is 2.17. The van der Waals surface area contributed by atoms with E-state index in [0.29, 0.717) is 16.8 Å². The van der Waals surface area contributed by atoms with Crippen molar-refractivity contribution in [3.05, 3.63) is 65.5 Å². The van der Waals surface area contributed by atoms with Crippen molar-refractivity contribution in [2.24, 2.45) is 0 Å². The Kier molecular flexibility index (Phi) is 3.63. The fourth-order valence-corrected chi connectivity index (χ4v) is 1.79. The van der Waals surface area contributed by atoms with Crippen LogP contribution in [0.5, 0.6) is 0 Å². The first-order valence-corrected chi connectivity index (χ1v) is 5.84. The number of rotatable bonds is 3. The smallest absolute Gasteiger partial charge is 0.185 e. The number of hydrogen-bond acceptors (Lipinski definition) is 3. The molecular weight excluding hydrogens is 226 g/mol. The highest BCUT2D eigenvalue weighted by atomic mass is 16.3. The van der Waals surface area contributed by atoms with Crippen molar-refractivity contribution < 1.29 is 9.90 Å². The van der Waals surface area contributed by atoms with E-state index in [1.54, 1.807) is 36.4 Å². The second-order valence-electron chi connectivity index (χ2n) is 4.15. The van der Waals surface area contributed by atoms with Crippen molar-refractivity contribution in [2.45, 2.75) is 12.8 Å². The molecule has 0 fully saturated rings. The van der Waals surface area contributed by atoms with Gasteiger partial charge in [0.1, 0.15) is 5.76 Å². The minimum Gasteiger partial charge on any atom is -0.508 e. The van der Waals surface area contributed by atoms with Gasteiger partial charge in [-0.3, -0.25) is 4.79 Å². The Balaban J connectivity index is 2.12. The Hall–Kier alpha value is -2.29. The van der Waals surface area contributed by atoms with Crippen molar-refractivity contribution in [3.63, 3.8) is 0 Å². The van der Waals surface area contributed by atoms with Crippen LogP contribution in [0.1, 0.15) is 23.2 Å². The normalized spacial score (nSPS) is 15.3. The maximum Gasteiger partial charge on any atom is 0.185 e. The summed E-state index contributed by atoms with van der Waals surface area (Å²) in [6.07, 6.45) is 8.48. The average Bonchev–Trinajstić information content (AvgIpc) is 2.37. The van der Waals surface area contributed by atoms with Crippen LogP contribution in [-0.2, 0) is 0 Å². The van der Waals surface area contributed by atoms with Crippen LogP contribution in [0.2, 0.25) is 0 Å². The van der Waals surface area contributed by atoms with Gasteiger partial charge in [0.05, 0.1) is 0 Å². The molecule has 0 spiro atoms. The van der Waals surface area contributed by atoms with Crippen molar-refractivity contribution >= 4 is 11.5 Å². The summed E-state index contributed by atoms with van der Waals surface area (Å²) in [5, 5.41) is 9.61. The average molecular weight is 241 g/mol. The van der Waals surface area contributed by atoms with E-state index >= 15 is 0 Å². The van der Waals surface area contributed by atoms with E-state index in [1.807, 2.05) is 6.08 Å².